The van der Waals surface area contributed by atoms with Gasteiger partial charge in [0.15, 0.2) is 5.58 Å². The minimum Gasteiger partial charge on any atom is -0.436 e. The maximum absolute atomic E-state index is 6.65. The largest absolute Gasteiger partial charge is 0.436 e. The molecule has 3 heterocycles. The highest BCUT2D eigenvalue weighted by Crippen LogP contribution is 2.39. The van der Waals surface area contributed by atoms with Crippen molar-refractivity contribution in [3.63, 3.8) is 0 Å². The van der Waals surface area contributed by atoms with E-state index in [1.807, 2.05) is 24.5 Å². The molecule has 10 aromatic rings. The predicted molar refractivity (Wildman–Crippen MR) is 213 cm³/mol. The first kappa shape index (κ1) is 29.8. The standard InChI is InChI=1S/C48H31N3O/c1-3-11-32(12-4-1)35-15-9-17-37(27-35)39-29-42(38-18-10-16-36(28-38)33-13-5-2-6-14-33)47-46(30-39)52-48(50-47)34-21-23-40(24-22-34)51-44-20-8-7-19-41(44)43-31-49-26-25-45(43)51/h1-31H. The van der Waals surface area contributed by atoms with E-state index in [1.54, 1.807) is 0 Å². The van der Waals surface area contributed by atoms with Crippen molar-refractivity contribution < 1.29 is 4.42 Å². The minimum absolute atomic E-state index is 0.587. The number of nitrogens with zero attached hydrogens (tertiary/aromatic N) is 3. The number of para-hydroxylation sites is 1. The molecule has 0 fully saturated rings. The van der Waals surface area contributed by atoms with Crippen LogP contribution in [0, 0.1) is 0 Å². The van der Waals surface area contributed by atoms with Gasteiger partial charge in [-0.2, -0.15) is 0 Å². The molecular weight excluding hydrogens is 635 g/mol. The first-order chi connectivity index (χ1) is 25.8. The molecule has 3 aromatic heterocycles. The molecule has 0 aliphatic carbocycles. The van der Waals surface area contributed by atoms with Crippen LogP contribution in [0.1, 0.15) is 0 Å². The zero-order chi connectivity index (χ0) is 34.4. The van der Waals surface area contributed by atoms with Crippen molar-refractivity contribution >= 4 is 32.9 Å². The third kappa shape index (κ3) is 5.17. The number of oxazole rings is 1. The lowest BCUT2D eigenvalue weighted by atomic mass is 9.94. The number of benzene rings is 7. The Bertz CT molecular complexity index is 2830. The molecule has 7 aromatic carbocycles. The Hall–Kier alpha value is -7.04. The van der Waals surface area contributed by atoms with E-state index in [4.69, 9.17) is 9.40 Å². The van der Waals surface area contributed by atoms with Crippen molar-refractivity contribution in [1.82, 2.24) is 14.5 Å². The molecule has 0 N–H and O–H groups in total. The molecule has 0 amide bonds. The van der Waals surface area contributed by atoms with Crippen molar-refractivity contribution in [2.24, 2.45) is 0 Å². The van der Waals surface area contributed by atoms with Crippen LogP contribution in [0.2, 0.25) is 0 Å². The lowest BCUT2D eigenvalue weighted by molar-refractivity contribution is 0.620. The van der Waals surface area contributed by atoms with Crippen LogP contribution in [-0.4, -0.2) is 14.5 Å². The van der Waals surface area contributed by atoms with Gasteiger partial charge in [-0.05, 0) is 99.6 Å². The topological polar surface area (TPSA) is 43.9 Å². The van der Waals surface area contributed by atoms with Crippen LogP contribution in [0.4, 0.5) is 0 Å². The average molecular weight is 666 g/mol. The third-order valence-electron chi connectivity index (χ3n) is 9.93. The van der Waals surface area contributed by atoms with Gasteiger partial charge in [0.2, 0.25) is 5.89 Å². The van der Waals surface area contributed by atoms with Crippen molar-refractivity contribution in [1.29, 1.82) is 0 Å². The summed E-state index contributed by atoms with van der Waals surface area (Å²) in [7, 11) is 0. The van der Waals surface area contributed by atoms with Crippen LogP contribution in [0.5, 0.6) is 0 Å². The molecule has 0 atom stereocenters. The summed E-state index contributed by atoms with van der Waals surface area (Å²) in [6.45, 7) is 0. The molecular formula is C48H31N3O. The fourth-order valence-electron chi connectivity index (χ4n) is 7.39. The maximum Gasteiger partial charge on any atom is 0.227 e. The smallest absolute Gasteiger partial charge is 0.227 e. The van der Waals surface area contributed by atoms with E-state index in [-0.39, 0.29) is 0 Å². The van der Waals surface area contributed by atoms with Gasteiger partial charge in [0.25, 0.3) is 0 Å². The summed E-state index contributed by atoms with van der Waals surface area (Å²) in [5, 5.41) is 2.32. The number of hydrogen-bond acceptors (Lipinski definition) is 3. The summed E-state index contributed by atoms with van der Waals surface area (Å²) >= 11 is 0. The Morgan fingerprint density at radius 2 is 1.02 bits per heavy atom. The molecule has 0 unspecified atom stereocenters. The molecule has 0 spiro atoms. The van der Waals surface area contributed by atoms with Gasteiger partial charge >= 0.3 is 0 Å². The number of hydrogen-bond donors (Lipinski definition) is 0. The summed E-state index contributed by atoms with van der Waals surface area (Å²) < 4.78 is 8.94. The SMILES string of the molecule is c1ccc(-c2cccc(-c3cc(-c4cccc(-c5ccccc5)c4)c4nc(-c5ccc(-n6c7ccccc7c7cnccc76)cc5)oc4c3)c2)cc1. The van der Waals surface area contributed by atoms with Gasteiger partial charge in [0.05, 0.1) is 11.0 Å². The molecule has 0 aliphatic heterocycles. The highest BCUT2D eigenvalue weighted by atomic mass is 16.3. The summed E-state index contributed by atoms with van der Waals surface area (Å²) in [6.07, 6.45) is 3.80. The second kappa shape index (κ2) is 12.4. The van der Waals surface area contributed by atoms with Crippen LogP contribution < -0.4 is 0 Å². The van der Waals surface area contributed by atoms with Gasteiger partial charge in [0.1, 0.15) is 5.52 Å². The third-order valence-corrected chi connectivity index (χ3v) is 9.93. The minimum atomic E-state index is 0.587. The van der Waals surface area contributed by atoms with Crippen molar-refractivity contribution in [3.8, 4) is 61.6 Å². The lowest BCUT2D eigenvalue weighted by Gasteiger charge is -2.10. The fourth-order valence-corrected chi connectivity index (χ4v) is 7.39. The van der Waals surface area contributed by atoms with Crippen molar-refractivity contribution in [3.05, 3.63) is 188 Å². The molecule has 0 saturated heterocycles. The van der Waals surface area contributed by atoms with Crippen LogP contribution in [0.15, 0.2) is 193 Å². The molecule has 0 aliphatic rings. The highest BCUT2D eigenvalue weighted by Gasteiger charge is 2.18. The molecule has 244 valence electrons. The Balaban J connectivity index is 1.11. The zero-order valence-electron chi connectivity index (χ0n) is 28.1. The van der Waals surface area contributed by atoms with Gasteiger partial charge in [-0.3, -0.25) is 4.98 Å². The van der Waals surface area contributed by atoms with Crippen molar-refractivity contribution in [2.75, 3.05) is 0 Å². The molecule has 4 nitrogen and oxygen atoms in total. The zero-order valence-corrected chi connectivity index (χ0v) is 28.1. The number of aromatic nitrogens is 3. The Labute approximate surface area is 300 Å². The second-order valence-electron chi connectivity index (χ2n) is 13.1. The van der Waals surface area contributed by atoms with E-state index in [0.717, 1.165) is 66.6 Å². The molecule has 0 radical (unpaired) electrons. The first-order valence-electron chi connectivity index (χ1n) is 17.5. The average Bonchev–Trinajstić information content (AvgIpc) is 3.81. The Morgan fingerprint density at radius 3 is 1.75 bits per heavy atom. The molecule has 10 rings (SSSR count). The van der Waals surface area contributed by atoms with E-state index in [0.29, 0.717) is 5.89 Å². The first-order valence-corrected chi connectivity index (χ1v) is 17.5. The summed E-state index contributed by atoms with van der Waals surface area (Å²) in [5.74, 6) is 0.587. The number of rotatable bonds is 6. The summed E-state index contributed by atoms with van der Waals surface area (Å²) in [4.78, 5) is 9.58. The molecule has 52 heavy (non-hydrogen) atoms. The Morgan fingerprint density at radius 1 is 0.423 bits per heavy atom. The van der Waals surface area contributed by atoms with Gasteiger partial charge in [-0.25, -0.2) is 4.98 Å². The van der Waals surface area contributed by atoms with Crippen LogP contribution in [0.25, 0.3) is 94.6 Å². The van der Waals surface area contributed by atoms with E-state index < -0.39 is 0 Å². The molecule has 0 saturated carbocycles. The van der Waals surface area contributed by atoms with Gasteiger partial charge in [0, 0.05) is 40.0 Å². The van der Waals surface area contributed by atoms with Gasteiger partial charge < -0.3 is 8.98 Å². The predicted octanol–water partition coefficient (Wildman–Crippen LogP) is 12.7. The lowest BCUT2D eigenvalue weighted by Crippen LogP contribution is -1.93. The van der Waals surface area contributed by atoms with Crippen LogP contribution in [-0.2, 0) is 0 Å². The second-order valence-corrected chi connectivity index (χ2v) is 13.1. The van der Waals surface area contributed by atoms with E-state index in [1.165, 1.54) is 22.1 Å². The quantitative estimate of drug-likeness (QED) is 0.178. The number of pyridine rings is 1. The fraction of sp³-hybridized carbons (Fsp3) is 0. The summed E-state index contributed by atoms with van der Waals surface area (Å²) in [6, 6.07) is 61.8. The van der Waals surface area contributed by atoms with E-state index in [2.05, 4.69) is 173 Å². The van der Waals surface area contributed by atoms with Crippen LogP contribution >= 0.6 is 0 Å². The van der Waals surface area contributed by atoms with E-state index in [9.17, 15) is 0 Å². The highest BCUT2D eigenvalue weighted by molar-refractivity contribution is 6.08. The maximum atomic E-state index is 6.65. The Kier molecular flexibility index (Phi) is 7.10. The van der Waals surface area contributed by atoms with E-state index >= 15 is 0 Å². The normalized spacial score (nSPS) is 11.5. The molecule has 4 heteroatoms. The monoisotopic (exact) mass is 665 g/mol. The van der Waals surface area contributed by atoms with Gasteiger partial charge in [-0.15, -0.1) is 0 Å². The molecule has 0 bridgehead atoms. The number of fused-ring (bicyclic) bond motifs is 4. The van der Waals surface area contributed by atoms with Crippen molar-refractivity contribution in [2.45, 2.75) is 0 Å². The van der Waals surface area contributed by atoms with Crippen LogP contribution in [0.3, 0.4) is 0 Å². The summed E-state index contributed by atoms with van der Waals surface area (Å²) in [5.41, 5.74) is 14.8. The van der Waals surface area contributed by atoms with Gasteiger partial charge in [-0.1, -0.05) is 115 Å².